The van der Waals surface area contributed by atoms with Crippen molar-refractivity contribution in [3.63, 3.8) is 0 Å². The standard InChI is InChI=1S/C12H10N2O2/c1-9-4-5-11(16-9)8-14-6-2-3-10(7-13)12(14)15/h2-6H,8H2,1H3. The van der Waals surface area contributed by atoms with Gasteiger partial charge in [0, 0.05) is 6.20 Å². The first-order chi connectivity index (χ1) is 7.70. The van der Waals surface area contributed by atoms with Gasteiger partial charge in [0.1, 0.15) is 23.2 Å². The first-order valence-electron chi connectivity index (χ1n) is 4.85. The summed E-state index contributed by atoms with van der Waals surface area (Å²) in [5, 5.41) is 8.73. The summed E-state index contributed by atoms with van der Waals surface area (Å²) < 4.78 is 6.83. The van der Waals surface area contributed by atoms with Crippen LogP contribution in [0.4, 0.5) is 0 Å². The van der Waals surface area contributed by atoms with E-state index in [9.17, 15) is 4.79 Å². The van der Waals surface area contributed by atoms with Gasteiger partial charge in [-0.25, -0.2) is 0 Å². The van der Waals surface area contributed by atoms with Crippen molar-refractivity contribution in [1.82, 2.24) is 4.57 Å². The smallest absolute Gasteiger partial charge is 0.268 e. The highest BCUT2D eigenvalue weighted by Crippen LogP contribution is 2.07. The minimum absolute atomic E-state index is 0.144. The van der Waals surface area contributed by atoms with Gasteiger partial charge in [0.2, 0.25) is 0 Å². The molecule has 0 radical (unpaired) electrons. The van der Waals surface area contributed by atoms with Crippen LogP contribution in [0.2, 0.25) is 0 Å². The second kappa shape index (κ2) is 4.07. The molecule has 0 atom stereocenters. The Bertz CT molecular complexity index is 602. The summed E-state index contributed by atoms with van der Waals surface area (Å²) in [5.41, 5.74) is -0.148. The molecule has 80 valence electrons. The van der Waals surface area contributed by atoms with Gasteiger partial charge >= 0.3 is 0 Å². The highest BCUT2D eigenvalue weighted by molar-refractivity contribution is 5.25. The van der Waals surface area contributed by atoms with Crippen LogP contribution < -0.4 is 5.56 Å². The highest BCUT2D eigenvalue weighted by atomic mass is 16.3. The van der Waals surface area contributed by atoms with Crippen LogP contribution in [0.25, 0.3) is 0 Å². The molecule has 0 unspecified atom stereocenters. The lowest BCUT2D eigenvalue weighted by Gasteiger charge is -2.02. The van der Waals surface area contributed by atoms with E-state index in [2.05, 4.69) is 0 Å². The Morgan fingerprint density at radius 1 is 1.44 bits per heavy atom. The molecule has 2 aromatic rings. The quantitative estimate of drug-likeness (QED) is 0.764. The summed E-state index contributed by atoms with van der Waals surface area (Å²) in [6.07, 6.45) is 1.64. The molecular formula is C12H10N2O2. The third-order valence-electron chi connectivity index (χ3n) is 2.26. The van der Waals surface area contributed by atoms with Gasteiger partial charge < -0.3 is 8.98 Å². The molecule has 4 heteroatoms. The fourth-order valence-electron chi connectivity index (χ4n) is 1.48. The van der Waals surface area contributed by atoms with E-state index in [1.54, 1.807) is 12.3 Å². The van der Waals surface area contributed by atoms with Crippen molar-refractivity contribution in [2.75, 3.05) is 0 Å². The van der Waals surface area contributed by atoms with E-state index >= 15 is 0 Å². The Balaban J connectivity index is 2.36. The van der Waals surface area contributed by atoms with E-state index in [-0.39, 0.29) is 11.1 Å². The molecule has 0 bridgehead atoms. The number of rotatable bonds is 2. The van der Waals surface area contributed by atoms with Crippen molar-refractivity contribution in [2.24, 2.45) is 0 Å². The molecule has 2 heterocycles. The summed E-state index contributed by atoms with van der Waals surface area (Å²) in [6.45, 7) is 2.19. The van der Waals surface area contributed by atoms with Crippen molar-refractivity contribution in [1.29, 1.82) is 5.26 Å². The number of aryl methyl sites for hydroxylation is 1. The van der Waals surface area contributed by atoms with E-state index in [0.717, 1.165) is 5.76 Å². The number of furan rings is 1. The van der Waals surface area contributed by atoms with Crippen molar-refractivity contribution in [3.8, 4) is 6.07 Å². The van der Waals surface area contributed by atoms with Crippen LogP contribution in [-0.2, 0) is 6.54 Å². The summed E-state index contributed by atoms with van der Waals surface area (Å²) in [7, 11) is 0. The first kappa shape index (κ1) is 10.2. The van der Waals surface area contributed by atoms with E-state index in [1.807, 2.05) is 25.1 Å². The summed E-state index contributed by atoms with van der Waals surface area (Å²) in [5.74, 6) is 1.51. The summed E-state index contributed by atoms with van der Waals surface area (Å²) in [4.78, 5) is 11.7. The lowest BCUT2D eigenvalue weighted by Crippen LogP contribution is -2.21. The zero-order valence-corrected chi connectivity index (χ0v) is 8.80. The van der Waals surface area contributed by atoms with Crippen molar-refractivity contribution >= 4 is 0 Å². The van der Waals surface area contributed by atoms with Crippen LogP contribution in [0.5, 0.6) is 0 Å². The first-order valence-corrected chi connectivity index (χ1v) is 4.85. The van der Waals surface area contributed by atoms with Gasteiger partial charge in [0.15, 0.2) is 0 Å². The molecular weight excluding hydrogens is 204 g/mol. The predicted molar refractivity (Wildman–Crippen MR) is 58.0 cm³/mol. The van der Waals surface area contributed by atoms with E-state index in [1.165, 1.54) is 10.6 Å². The fraction of sp³-hybridized carbons (Fsp3) is 0.167. The molecule has 0 spiro atoms. The van der Waals surface area contributed by atoms with Crippen LogP contribution >= 0.6 is 0 Å². The van der Waals surface area contributed by atoms with Gasteiger partial charge in [-0.3, -0.25) is 4.79 Å². The van der Waals surface area contributed by atoms with Gasteiger partial charge in [0.05, 0.1) is 6.54 Å². The lowest BCUT2D eigenvalue weighted by atomic mass is 10.3. The van der Waals surface area contributed by atoms with Crippen molar-refractivity contribution in [2.45, 2.75) is 13.5 Å². The molecule has 2 aromatic heterocycles. The molecule has 0 amide bonds. The molecule has 0 saturated carbocycles. The maximum Gasteiger partial charge on any atom is 0.268 e. The zero-order valence-electron chi connectivity index (χ0n) is 8.80. The second-order valence-corrected chi connectivity index (χ2v) is 3.48. The molecule has 0 aliphatic carbocycles. The Morgan fingerprint density at radius 3 is 2.88 bits per heavy atom. The van der Waals surface area contributed by atoms with Crippen LogP contribution in [0.15, 0.2) is 39.7 Å². The van der Waals surface area contributed by atoms with Crippen LogP contribution in [0.3, 0.4) is 0 Å². The zero-order chi connectivity index (χ0) is 11.5. The molecule has 2 rings (SSSR count). The number of aromatic nitrogens is 1. The third kappa shape index (κ3) is 1.89. The van der Waals surface area contributed by atoms with Crippen LogP contribution in [0.1, 0.15) is 17.1 Å². The molecule has 0 N–H and O–H groups in total. The number of hydrogen-bond acceptors (Lipinski definition) is 3. The number of nitriles is 1. The van der Waals surface area contributed by atoms with Crippen LogP contribution in [-0.4, -0.2) is 4.57 Å². The Labute approximate surface area is 92.4 Å². The number of pyridine rings is 1. The van der Waals surface area contributed by atoms with Gasteiger partial charge in [-0.15, -0.1) is 0 Å². The Hall–Kier alpha value is -2.28. The average Bonchev–Trinajstić information content (AvgIpc) is 2.67. The van der Waals surface area contributed by atoms with E-state index in [4.69, 9.17) is 9.68 Å². The summed E-state index contributed by atoms with van der Waals surface area (Å²) >= 11 is 0. The van der Waals surface area contributed by atoms with Gasteiger partial charge in [-0.05, 0) is 31.2 Å². The molecule has 0 fully saturated rings. The van der Waals surface area contributed by atoms with E-state index in [0.29, 0.717) is 12.3 Å². The molecule has 0 aliphatic heterocycles. The second-order valence-electron chi connectivity index (χ2n) is 3.48. The average molecular weight is 214 g/mol. The maximum absolute atomic E-state index is 11.7. The van der Waals surface area contributed by atoms with Crippen molar-refractivity contribution < 1.29 is 4.42 Å². The normalized spacial score (nSPS) is 10.0. The maximum atomic E-state index is 11.7. The number of nitrogens with zero attached hydrogens (tertiary/aromatic N) is 2. The molecule has 0 aliphatic rings. The minimum atomic E-state index is -0.293. The van der Waals surface area contributed by atoms with Gasteiger partial charge in [-0.2, -0.15) is 5.26 Å². The SMILES string of the molecule is Cc1ccc(Cn2cccc(C#N)c2=O)o1. The predicted octanol–water partition coefficient (Wildman–Crippen LogP) is 1.67. The summed E-state index contributed by atoms with van der Waals surface area (Å²) in [6, 6.07) is 8.71. The highest BCUT2D eigenvalue weighted by Gasteiger charge is 2.04. The number of hydrogen-bond donors (Lipinski definition) is 0. The van der Waals surface area contributed by atoms with Gasteiger partial charge in [0.25, 0.3) is 5.56 Å². The van der Waals surface area contributed by atoms with Crippen molar-refractivity contribution in [3.05, 3.63) is 57.9 Å². The monoisotopic (exact) mass is 214 g/mol. The van der Waals surface area contributed by atoms with E-state index < -0.39 is 0 Å². The lowest BCUT2D eigenvalue weighted by molar-refractivity contribution is 0.467. The van der Waals surface area contributed by atoms with Crippen LogP contribution in [0, 0.1) is 18.3 Å². The Kier molecular flexibility index (Phi) is 2.61. The van der Waals surface area contributed by atoms with Gasteiger partial charge in [-0.1, -0.05) is 0 Å². The molecule has 0 aromatic carbocycles. The largest absolute Gasteiger partial charge is 0.464 e. The molecule has 0 saturated heterocycles. The molecule has 4 nitrogen and oxygen atoms in total. The topological polar surface area (TPSA) is 58.9 Å². The Morgan fingerprint density at radius 2 is 2.25 bits per heavy atom. The minimum Gasteiger partial charge on any atom is -0.464 e. The fourth-order valence-corrected chi connectivity index (χ4v) is 1.48. The molecule has 16 heavy (non-hydrogen) atoms. The third-order valence-corrected chi connectivity index (χ3v) is 2.26.